The molecule has 0 bridgehead atoms. The number of phosphoric acid groups is 1. The summed E-state index contributed by atoms with van der Waals surface area (Å²) in [6.45, 7) is 3.48. The summed E-state index contributed by atoms with van der Waals surface area (Å²) in [5.74, 6) is -0.810. The second-order valence-electron chi connectivity index (χ2n) is 6.54. The Kier molecular flexibility index (Phi) is 6.60. The molecule has 1 aliphatic rings. The summed E-state index contributed by atoms with van der Waals surface area (Å²) in [5.41, 5.74) is -0.354. The number of methoxy groups -OCH3 is 1. The molecule has 0 spiro atoms. The smallest absolute Gasteiger partial charge is 0.469 e. The average Bonchev–Trinajstić information content (AvgIpc) is 2.64. The van der Waals surface area contributed by atoms with E-state index in [9.17, 15) is 14.2 Å². The van der Waals surface area contributed by atoms with Crippen LogP contribution in [0.5, 0.6) is 5.75 Å². The zero-order valence-electron chi connectivity index (χ0n) is 15.3. The summed E-state index contributed by atoms with van der Waals surface area (Å²) in [5, 5.41) is 11.4. The third kappa shape index (κ3) is 5.54. The molecule has 0 unspecified atom stereocenters. The highest BCUT2D eigenvalue weighted by Crippen LogP contribution is 2.56. The first-order chi connectivity index (χ1) is 12.7. The first-order valence-electron chi connectivity index (χ1n) is 8.16. The summed E-state index contributed by atoms with van der Waals surface area (Å²) >= 11 is 0. The Morgan fingerprint density at radius 2 is 2.04 bits per heavy atom. The van der Waals surface area contributed by atoms with Crippen molar-refractivity contribution < 1.29 is 32.5 Å². The van der Waals surface area contributed by atoms with Crippen LogP contribution in [0, 0.1) is 16.7 Å². The number of nitriles is 1. The Labute approximate surface area is 157 Å². The molecule has 0 aromatic heterocycles. The fraction of sp³-hybridized carbons (Fsp3) is 0.471. The van der Waals surface area contributed by atoms with E-state index in [0.29, 0.717) is 5.56 Å². The second-order valence-corrected chi connectivity index (χ2v) is 8.09. The van der Waals surface area contributed by atoms with Crippen molar-refractivity contribution in [2.45, 2.75) is 26.4 Å². The average molecular weight is 396 g/mol. The molecule has 1 aromatic carbocycles. The molecule has 1 aliphatic heterocycles. The van der Waals surface area contributed by atoms with Gasteiger partial charge in [-0.25, -0.2) is 4.57 Å². The number of amides is 1. The van der Waals surface area contributed by atoms with Crippen LogP contribution in [0.15, 0.2) is 24.3 Å². The molecule has 1 heterocycles. The van der Waals surface area contributed by atoms with Crippen LogP contribution in [0.2, 0.25) is 0 Å². The van der Waals surface area contributed by atoms with E-state index in [4.69, 9.17) is 18.8 Å². The molecule has 1 fully saturated rings. The first-order valence-corrected chi connectivity index (χ1v) is 9.62. The predicted molar refractivity (Wildman–Crippen MR) is 93.6 cm³/mol. The van der Waals surface area contributed by atoms with E-state index in [-0.39, 0.29) is 25.3 Å². The zero-order chi connectivity index (χ0) is 20.1. The number of esters is 1. The minimum atomic E-state index is -4.04. The first kappa shape index (κ1) is 20.9. The second kappa shape index (κ2) is 8.53. The molecule has 2 atom stereocenters. The van der Waals surface area contributed by atoms with Gasteiger partial charge in [-0.15, -0.1) is 0 Å². The molecule has 0 saturated carbocycles. The molecule has 9 nitrogen and oxygen atoms in total. The Hall–Kier alpha value is -2.40. The number of benzene rings is 1. The quantitative estimate of drug-likeness (QED) is 0.573. The molecule has 10 heteroatoms. The highest BCUT2D eigenvalue weighted by atomic mass is 31.2. The highest BCUT2D eigenvalue weighted by molar-refractivity contribution is 7.49. The van der Waals surface area contributed by atoms with Gasteiger partial charge < -0.3 is 14.6 Å². The van der Waals surface area contributed by atoms with Crippen LogP contribution in [0.25, 0.3) is 0 Å². The summed E-state index contributed by atoms with van der Waals surface area (Å²) in [6, 6.07) is 7.85. The van der Waals surface area contributed by atoms with Crippen molar-refractivity contribution in [3.63, 3.8) is 0 Å². The summed E-state index contributed by atoms with van der Waals surface area (Å²) < 4.78 is 33.3. The van der Waals surface area contributed by atoms with E-state index < -0.39 is 31.2 Å². The van der Waals surface area contributed by atoms with E-state index in [1.165, 1.54) is 31.4 Å². The number of nitrogens with one attached hydrogen (secondary N) is 1. The van der Waals surface area contributed by atoms with Gasteiger partial charge >= 0.3 is 13.8 Å². The number of nitrogens with zero attached hydrogens (tertiary/aromatic N) is 1. The molecule has 27 heavy (non-hydrogen) atoms. The Bertz CT molecular complexity index is 785. The van der Waals surface area contributed by atoms with Crippen LogP contribution < -0.4 is 9.84 Å². The molecular weight excluding hydrogens is 375 g/mol. The zero-order valence-corrected chi connectivity index (χ0v) is 16.2. The number of hydrogen-bond donors (Lipinski definition) is 1. The van der Waals surface area contributed by atoms with Crippen molar-refractivity contribution in [3.05, 3.63) is 29.8 Å². The molecule has 146 valence electrons. The molecule has 0 radical (unpaired) electrons. The molecular formula is C17H21N2O7P. The Morgan fingerprint density at radius 3 is 2.63 bits per heavy atom. The number of ether oxygens (including phenoxy) is 1. The van der Waals surface area contributed by atoms with Crippen LogP contribution >= 0.6 is 7.82 Å². The largest absolute Gasteiger partial charge is 0.530 e. The number of phosphoric ester groups is 1. The standard InChI is InChI=1S/C17H21N2O7P/c1-17(2)11-24-27(22,25-13-6-4-12(10-18)5-7-13)26-15(17)16(21)19-9-8-14(20)23-3/h4-7,15H,8-9,11H2,1-3H3,(H,19,21)/t15-,27+/m0/s1. The predicted octanol–water partition coefficient (Wildman–Crippen LogP) is 2.17. The summed E-state index contributed by atoms with van der Waals surface area (Å²) in [4.78, 5) is 23.6. The maximum atomic E-state index is 12.8. The van der Waals surface area contributed by atoms with Crippen molar-refractivity contribution in [1.29, 1.82) is 5.26 Å². The van der Waals surface area contributed by atoms with E-state index in [2.05, 4.69) is 10.1 Å². The van der Waals surface area contributed by atoms with Gasteiger partial charge in [-0.3, -0.25) is 18.6 Å². The fourth-order valence-electron chi connectivity index (χ4n) is 2.28. The maximum absolute atomic E-state index is 12.8. The van der Waals surface area contributed by atoms with Gasteiger partial charge in [0.05, 0.1) is 31.8 Å². The van der Waals surface area contributed by atoms with Crippen molar-refractivity contribution in [2.24, 2.45) is 5.41 Å². The minimum absolute atomic E-state index is 0.00525. The van der Waals surface area contributed by atoms with Crippen molar-refractivity contribution in [1.82, 2.24) is 5.32 Å². The van der Waals surface area contributed by atoms with Crippen molar-refractivity contribution in [2.75, 3.05) is 20.3 Å². The van der Waals surface area contributed by atoms with E-state index in [0.717, 1.165) is 0 Å². The third-order valence-electron chi connectivity index (χ3n) is 3.83. The van der Waals surface area contributed by atoms with Gasteiger partial charge in [0.25, 0.3) is 5.91 Å². The fourth-order valence-corrected chi connectivity index (χ4v) is 3.94. The molecule has 2 rings (SSSR count). The van der Waals surface area contributed by atoms with Crippen LogP contribution in [-0.2, 0) is 27.9 Å². The van der Waals surface area contributed by atoms with Gasteiger partial charge in [0, 0.05) is 12.0 Å². The lowest BCUT2D eigenvalue weighted by Gasteiger charge is -2.39. The lowest BCUT2D eigenvalue weighted by Crippen LogP contribution is -2.50. The van der Waals surface area contributed by atoms with E-state index in [1.807, 2.05) is 6.07 Å². The molecule has 0 aliphatic carbocycles. The number of carbonyl (C=O) groups excluding carboxylic acids is 2. The number of hydrogen-bond acceptors (Lipinski definition) is 8. The van der Waals surface area contributed by atoms with Crippen LogP contribution in [0.1, 0.15) is 25.8 Å². The van der Waals surface area contributed by atoms with Crippen molar-refractivity contribution in [3.8, 4) is 11.8 Å². The minimum Gasteiger partial charge on any atom is -0.469 e. The molecule has 1 saturated heterocycles. The van der Waals surface area contributed by atoms with E-state index >= 15 is 0 Å². The molecule has 1 N–H and O–H groups in total. The number of carbonyl (C=O) groups is 2. The van der Waals surface area contributed by atoms with Gasteiger partial charge in [0.15, 0.2) is 6.10 Å². The van der Waals surface area contributed by atoms with Gasteiger partial charge in [-0.1, -0.05) is 13.8 Å². The van der Waals surface area contributed by atoms with E-state index in [1.54, 1.807) is 13.8 Å². The van der Waals surface area contributed by atoms with Gasteiger partial charge in [-0.2, -0.15) is 5.26 Å². The summed E-state index contributed by atoms with van der Waals surface area (Å²) in [6.07, 6.45) is -1.10. The maximum Gasteiger partial charge on any atom is 0.530 e. The highest BCUT2D eigenvalue weighted by Gasteiger charge is 2.49. The van der Waals surface area contributed by atoms with Crippen molar-refractivity contribution >= 4 is 19.7 Å². The Morgan fingerprint density at radius 1 is 1.37 bits per heavy atom. The van der Waals surface area contributed by atoms with Crippen LogP contribution in [0.3, 0.4) is 0 Å². The van der Waals surface area contributed by atoms with Crippen LogP contribution in [0.4, 0.5) is 0 Å². The molecule has 1 aromatic rings. The Balaban J connectivity index is 2.05. The van der Waals surface area contributed by atoms with Crippen LogP contribution in [-0.4, -0.2) is 38.2 Å². The third-order valence-corrected chi connectivity index (χ3v) is 5.18. The topological polar surface area (TPSA) is 124 Å². The molecule has 1 amide bonds. The monoisotopic (exact) mass is 396 g/mol. The SMILES string of the molecule is COC(=O)CCNC(=O)[C@@H]1O[P@@](=O)(Oc2ccc(C#N)cc2)OCC1(C)C. The normalized spacial score (nSPS) is 23.7. The lowest BCUT2D eigenvalue weighted by molar-refractivity contribution is -0.142. The van der Waals surface area contributed by atoms with Gasteiger partial charge in [0.2, 0.25) is 0 Å². The lowest BCUT2D eigenvalue weighted by atomic mass is 9.87. The van der Waals surface area contributed by atoms with Gasteiger partial charge in [0.1, 0.15) is 5.75 Å². The van der Waals surface area contributed by atoms with Gasteiger partial charge in [-0.05, 0) is 24.3 Å². The number of rotatable bonds is 6. The summed E-state index contributed by atoms with van der Waals surface area (Å²) in [7, 11) is -2.79.